The maximum atomic E-state index is 12.8. The molecule has 0 radical (unpaired) electrons. The summed E-state index contributed by atoms with van der Waals surface area (Å²) in [5.74, 6) is -0.550. The summed E-state index contributed by atoms with van der Waals surface area (Å²) in [5.41, 5.74) is -1.08. The number of hydrogen-bond acceptors (Lipinski definition) is 6. The van der Waals surface area contributed by atoms with Crippen molar-refractivity contribution in [1.29, 1.82) is 0 Å². The van der Waals surface area contributed by atoms with E-state index in [4.69, 9.17) is 14.2 Å². The van der Waals surface area contributed by atoms with E-state index < -0.39 is 22.9 Å². The van der Waals surface area contributed by atoms with Crippen LogP contribution in [0.5, 0.6) is 0 Å². The molecule has 0 aromatic heterocycles. The molecule has 0 spiro atoms. The molecule has 7 heteroatoms. The van der Waals surface area contributed by atoms with Gasteiger partial charge in [-0.15, -0.1) is 0 Å². The van der Waals surface area contributed by atoms with E-state index in [2.05, 4.69) is 40.4 Å². The smallest absolute Gasteiger partial charge is 0.323 e. The van der Waals surface area contributed by atoms with Gasteiger partial charge in [0.25, 0.3) is 0 Å². The Kier molecular flexibility index (Phi) is 8.95. The van der Waals surface area contributed by atoms with Crippen LogP contribution in [-0.2, 0) is 23.8 Å². The van der Waals surface area contributed by atoms with Crippen LogP contribution in [0.15, 0.2) is 34.5 Å². The van der Waals surface area contributed by atoms with E-state index in [1.807, 2.05) is 27.1 Å². The third-order valence-corrected chi connectivity index (χ3v) is 5.41. The highest BCUT2D eigenvalue weighted by molar-refractivity contribution is 9.11. The Hall–Kier alpha value is -1.60. The molecule has 0 heterocycles. The normalized spacial score (nSPS) is 19.1. The highest BCUT2D eigenvalue weighted by Crippen LogP contribution is 2.46. The zero-order valence-corrected chi connectivity index (χ0v) is 19.3. The topological polar surface area (TPSA) is 65.1 Å². The first-order valence-electron chi connectivity index (χ1n) is 9.37. The van der Waals surface area contributed by atoms with Gasteiger partial charge in [-0.25, -0.2) is 0 Å². The summed E-state index contributed by atoms with van der Waals surface area (Å²) in [7, 11) is 6.51. The maximum Gasteiger partial charge on any atom is 0.323 e. The van der Waals surface area contributed by atoms with Gasteiger partial charge >= 0.3 is 11.9 Å². The van der Waals surface area contributed by atoms with E-state index >= 15 is 0 Å². The number of carbonyl (C=O) groups is 2. The van der Waals surface area contributed by atoms with Crippen LogP contribution in [0.1, 0.15) is 39.5 Å². The van der Waals surface area contributed by atoms with Crippen molar-refractivity contribution in [3.63, 3.8) is 0 Å². The van der Waals surface area contributed by atoms with Crippen molar-refractivity contribution in [2.75, 3.05) is 34.9 Å². The molecule has 6 nitrogen and oxygen atoms in total. The molecule has 0 aromatic carbocycles. The Morgan fingerprint density at radius 1 is 1.21 bits per heavy atom. The van der Waals surface area contributed by atoms with Crippen molar-refractivity contribution in [3.8, 4) is 0 Å². The van der Waals surface area contributed by atoms with Crippen molar-refractivity contribution in [3.05, 3.63) is 34.5 Å². The van der Waals surface area contributed by atoms with Gasteiger partial charge in [-0.1, -0.05) is 35.9 Å². The molecule has 0 N–H and O–H groups in total. The van der Waals surface area contributed by atoms with E-state index in [0.29, 0.717) is 11.1 Å². The average Bonchev–Trinajstić information content (AvgIpc) is 2.97. The number of likely N-dealkylation sites (N-methyl/N-ethyl adjacent to an activating group) is 1. The van der Waals surface area contributed by atoms with E-state index in [9.17, 15) is 9.59 Å². The van der Waals surface area contributed by atoms with Gasteiger partial charge in [-0.3, -0.25) is 14.5 Å². The third-order valence-electron chi connectivity index (χ3n) is 5.13. The standard InChI is InChI=1S/C21H32BrNO5/c1-8-10-21(23(4)5)14-17(28-9-2)11-16(21)13-20(12-15(3)22,18(24)26-6)19(25)27-7/h11,14H,3,8-10,12-13H2,1-2,4-7H3. The monoisotopic (exact) mass is 457 g/mol. The van der Waals surface area contributed by atoms with E-state index in [0.717, 1.165) is 24.2 Å². The molecule has 0 bridgehead atoms. The van der Waals surface area contributed by atoms with Crippen LogP contribution in [0.4, 0.5) is 0 Å². The largest absolute Gasteiger partial charge is 0.494 e. The molecule has 1 rings (SSSR count). The van der Waals surface area contributed by atoms with Crippen LogP contribution in [0, 0.1) is 5.41 Å². The second kappa shape index (κ2) is 10.3. The highest BCUT2D eigenvalue weighted by atomic mass is 79.9. The zero-order valence-electron chi connectivity index (χ0n) is 17.8. The Morgan fingerprint density at radius 3 is 2.18 bits per heavy atom. The summed E-state index contributed by atoms with van der Waals surface area (Å²) < 4.78 is 16.3. The first kappa shape index (κ1) is 24.4. The fourth-order valence-corrected chi connectivity index (χ4v) is 4.33. The minimum Gasteiger partial charge on any atom is -0.494 e. The third kappa shape index (κ3) is 4.87. The van der Waals surface area contributed by atoms with Crippen molar-refractivity contribution in [1.82, 2.24) is 4.90 Å². The molecule has 0 saturated carbocycles. The number of hydrogen-bond donors (Lipinski definition) is 0. The first-order valence-corrected chi connectivity index (χ1v) is 10.2. The molecule has 1 atom stereocenters. The van der Waals surface area contributed by atoms with Gasteiger partial charge < -0.3 is 14.2 Å². The lowest BCUT2D eigenvalue weighted by Crippen LogP contribution is -2.48. The molecular weight excluding hydrogens is 426 g/mol. The van der Waals surface area contributed by atoms with Crippen molar-refractivity contribution in [2.45, 2.75) is 45.1 Å². The van der Waals surface area contributed by atoms with Crippen LogP contribution in [0.2, 0.25) is 0 Å². The number of ether oxygens (including phenoxy) is 3. The number of allylic oxidation sites excluding steroid dienone is 2. The van der Waals surface area contributed by atoms with Crippen LogP contribution < -0.4 is 0 Å². The molecule has 0 aliphatic heterocycles. The molecule has 158 valence electrons. The Bertz CT molecular complexity index is 652. The number of esters is 2. The quantitative estimate of drug-likeness (QED) is 0.345. The van der Waals surface area contributed by atoms with Crippen LogP contribution in [0.3, 0.4) is 0 Å². The van der Waals surface area contributed by atoms with Gasteiger partial charge in [0, 0.05) is 6.42 Å². The van der Waals surface area contributed by atoms with E-state index in [-0.39, 0.29) is 12.8 Å². The van der Waals surface area contributed by atoms with Crippen molar-refractivity contribution >= 4 is 27.9 Å². The van der Waals surface area contributed by atoms with Crippen molar-refractivity contribution in [2.24, 2.45) is 5.41 Å². The molecular formula is C21H32BrNO5. The zero-order chi connectivity index (χ0) is 21.5. The molecule has 0 saturated heterocycles. The van der Waals surface area contributed by atoms with Gasteiger partial charge in [0.2, 0.25) is 0 Å². The lowest BCUT2D eigenvalue weighted by atomic mass is 9.73. The minimum atomic E-state index is -1.53. The number of rotatable bonds is 11. The maximum absolute atomic E-state index is 12.8. The molecule has 1 aliphatic rings. The van der Waals surface area contributed by atoms with Crippen LogP contribution >= 0.6 is 15.9 Å². The predicted octanol–water partition coefficient (Wildman–Crippen LogP) is 3.97. The van der Waals surface area contributed by atoms with Crippen LogP contribution in [-0.4, -0.2) is 57.3 Å². The number of halogens is 1. The first-order chi connectivity index (χ1) is 13.1. The second-order valence-electron chi connectivity index (χ2n) is 7.15. The minimum absolute atomic E-state index is 0.0727. The average molecular weight is 458 g/mol. The molecule has 0 amide bonds. The Labute approximate surface area is 176 Å². The molecule has 28 heavy (non-hydrogen) atoms. The SMILES string of the molecule is C=C(Br)CC(CC1=CC(OCC)=CC1(CCC)N(C)C)(C(=O)OC)C(=O)OC. The fraction of sp³-hybridized carbons (Fsp3) is 0.619. The lowest BCUT2D eigenvalue weighted by molar-refractivity contribution is -0.169. The fourth-order valence-electron chi connectivity index (χ4n) is 3.85. The number of nitrogens with zero attached hydrogens (tertiary/aromatic N) is 1. The van der Waals surface area contributed by atoms with E-state index in [1.165, 1.54) is 14.2 Å². The summed E-state index contributed by atoms with van der Waals surface area (Å²) in [6.07, 6.45) is 5.94. The van der Waals surface area contributed by atoms with Gasteiger partial charge in [0.15, 0.2) is 5.41 Å². The molecule has 1 unspecified atom stereocenters. The van der Waals surface area contributed by atoms with E-state index in [1.54, 1.807) is 0 Å². The summed E-state index contributed by atoms with van der Waals surface area (Å²) in [5, 5.41) is 0. The molecule has 0 fully saturated rings. The van der Waals surface area contributed by atoms with Crippen molar-refractivity contribution < 1.29 is 23.8 Å². The lowest BCUT2D eigenvalue weighted by Gasteiger charge is -2.40. The Balaban J connectivity index is 3.56. The number of methoxy groups -OCH3 is 2. The van der Waals surface area contributed by atoms with Gasteiger partial charge in [0.1, 0.15) is 5.76 Å². The highest BCUT2D eigenvalue weighted by Gasteiger charge is 2.52. The van der Waals surface area contributed by atoms with Gasteiger partial charge in [-0.2, -0.15) is 0 Å². The van der Waals surface area contributed by atoms with Gasteiger partial charge in [-0.05, 0) is 56.1 Å². The second-order valence-corrected chi connectivity index (χ2v) is 8.28. The van der Waals surface area contributed by atoms with Gasteiger partial charge in [0.05, 0.1) is 26.4 Å². The molecule has 1 aliphatic carbocycles. The molecule has 0 aromatic rings. The Morgan fingerprint density at radius 2 is 1.79 bits per heavy atom. The number of carbonyl (C=O) groups excluding carboxylic acids is 2. The summed E-state index contributed by atoms with van der Waals surface area (Å²) in [6.45, 7) is 8.39. The summed E-state index contributed by atoms with van der Waals surface area (Å²) >= 11 is 3.30. The van der Waals surface area contributed by atoms with Crippen LogP contribution in [0.25, 0.3) is 0 Å². The summed E-state index contributed by atoms with van der Waals surface area (Å²) in [4.78, 5) is 27.8. The predicted molar refractivity (Wildman–Crippen MR) is 113 cm³/mol. The summed E-state index contributed by atoms with van der Waals surface area (Å²) in [6, 6.07) is 0.